The average molecular weight is 328 g/mol. The molecule has 0 atom stereocenters. The van der Waals surface area contributed by atoms with Crippen LogP contribution in [0.4, 0.5) is 5.69 Å². The second-order valence-electron chi connectivity index (χ2n) is 4.38. The molecule has 0 spiro atoms. The quantitative estimate of drug-likeness (QED) is 0.688. The van der Waals surface area contributed by atoms with Crippen molar-refractivity contribution in [2.45, 2.75) is 15.5 Å². The highest BCUT2D eigenvalue weighted by Gasteiger charge is 2.07. The average Bonchev–Trinajstić information content (AvgIpc) is 2.39. The SMILES string of the molecule is CS(=O)(=O)c1ccc(SCc2cc(Cl)ccc2N)cc1. The van der Waals surface area contributed by atoms with E-state index in [1.54, 1.807) is 48.2 Å². The van der Waals surface area contributed by atoms with Gasteiger partial charge in [0.25, 0.3) is 0 Å². The molecule has 2 aromatic rings. The minimum atomic E-state index is -3.15. The highest BCUT2D eigenvalue weighted by molar-refractivity contribution is 7.98. The zero-order valence-corrected chi connectivity index (χ0v) is 13.2. The molecule has 2 N–H and O–H groups in total. The third kappa shape index (κ3) is 3.91. The van der Waals surface area contributed by atoms with Gasteiger partial charge in [-0.25, -0.2) is 8.42 Å². The molecule has 0 aliphatic rings. The Morgan fingerprint density at radius 1 is 1.15 bits per heavy atom. The Morgan fingerprint density at radius 2 is 1.80 bits per heavy atom. The highest BCUT2D eigenvalue weighted by atomic mass is 35.5. The Hall–Kier alpha value is -1.17. The van der Waals surface area contributed by atoms with E-state index in [1.807, 2.05) is 6.07 Å². The van der Waals surface area contributed by atoms with Crippen LogP contribution < -0.4 is 5.73 Å². The van der Waals surface area contributed by atoms with E-state index in [2.05, 4.69) is 0 Å². The number of anilines is 1. The van der Waals surface area contributed by atoms with Crippen LogP contribution in [-0.4, -0.2) is 14.7 Å². The summed E-state index contributed by atoms with van der Waals surface area (Å²) in [4.78, 5) is 1.31. The smallest absolute Gasteiger partial charge is 0.175 e. The van der Waals surface area contributed by atoms with Gasteiger partial charge < -0.3 is 5.73 Å². The predicted molar refractivity (Wildman–Crippen MR) is 85.0 cm³/mol. The number of sulfone groups is 1. The number of hydrogen-bond acceptors (Lipinski definition) is 4. The summed E-state index contributed by atoms with van der Waals surface area (Å²) in [5.74, 6) is 0.685. The molecule has 0 radical (unpaired) electrons. The van der Waals surface area contributed by atoms with Crippen molar-refractivity contribution in [3.8, 4) is 0 Å². The summed E-state index contributed by atoms with van der Waals surface area (Å²) in [7, 11) is -3.15. The van der Waals surface area contributed by atoms with Gasteiger partial charge in [0.1, 0.15) is 0 Å². The third-order valence-corrected chi connectivity index (χ3v) is 5.18. The molecule has 2 rings (SSSR count). The van der Waals surface area contributed by atoms with Gasteiger partial charge in [-0.05, 0) is 48.0 Å². The molecule has 20 heavy (non-hydrogen) atoms. The topological polar surface area (TPSA) is 60.2 Å². The first-order valence-corrected chi connectivity index (χ1v) is 9.08. The Balaban J connectivity index is 2.10. The predicted octanol–water partition coefficient (Wildman–Crippen LogP) is 3.62. The van der Waals surface area contributed by atoms with Gasteiger partial charge in [0.05, 0.1) is 4.90 Å². The molecule has 0 saturated heterocycles. The third-order valence-electron chi connectivity index (χ3n) is 2.75. The fourth-order valence-corrected chi connectivity index (χ4v) is 3.37. The second-order valence-corrected chi connectivity index (χ2v) is 7.88. The monoisotopic (exact) mass is 327 g/mol. The Morgan fingerprint density at radius 3 is 2.40 bits per heavy atom. The van der Waals surface area contributed by atoms with Gasteiger partial charge in [0, 0.05) is 27.6 Å². The van der Waals surface area contributed by atoms with E-state index in [0.29, 0.717) is 21.4 Å². The van der Waals surface area contributed by atoms with Crippen LogP contribution in [0.15, 0.2) is 52.3 Å². The first-order chi connectivity index (χ1) is 9.36. The molecular formula is C14H14ClNO2S2. The summed E-state index contributed by atoms with van der Waals surface area (Å²) in [6.45, 7) is 0. The molecule has 0 bridgehead atoms. The van der Waals surface area contributed by atoms with Crippen LogP contribution in [0.3, 0.4) is 0 Å². The van der Waals surface area contributed by atoms with Crippen molar-refractivity contribution in [2.24, 2.45) is 0 Å². The maximum absolute atomic E-state index is 11.4. The molecular weight excluding hydrogens is 314 g/mol. The Bertz CT molecular complexity index is 712. The zero-order chi connectivity index (χ0) is 14.8. The normalized spacial score (nSPS) is 11.5. The lowest BCUT2D eigenvalue weighted by molar-refractivity contribution is 0.602. The summed E-state index contributed by atoms with van der Waals surface area (Å²) in [5, 5.41) is 0.655. The molecule has 0 amide bonds. The van der Waals surface area contributed by atoms with E-state index in [-0.39, 0.29) is 0 Å². The van der Waals surface area contributed by atoms with E-state index < -0.39 is 9.84 Å². The maximum Gasteiger partial charge on any atom is 0.175 e. The Labute approximate surface area is 128 Å². The lowest BCUT2D eigenvalue weighted by atomic mass is 10.2. The van der Waals surface area contributed by atoms with Gasteiger partial charge in [-0.1, -0.05) is 11.6 Å². The summed E-state index contributed by atoms with van der Waals surface area (Å²) >= 11 is 7.52. The molecule has 0 aromatic heterocycles. The number of nitrogen functional groups attached to an aromatic ring is 1. The molecule has 0 heterocycles. The second kappa shape index (κ2) is 6.08. The van der Waals surface area contributed by atoms with E-state index in [4.69, 9.17) is 17.3 Å². The molecule has 0 saturated carbocycles. The van der Waals surface area contributed by atoms with E-state index in [1.165, 1.54) is 6.26 Å². The van der Waals surface area contributed by atoms with Crippen molar-refractivity contribution in [3.63, 3.8) is 0 Å². The van der Waals surface area contributed by atoms with Gasteiger partial charge >= 0.3 is 0 Å². The summed E-state index contributed by atoms with van der Waals surface area (Å²) < 4.78 is 22.7. The number of benzene rings is 2. The van der Waals surface area contributed by atoms with Crippen LogP contribution in [0.25, 0.3) is 0 Å². The molecule has 0 aliphatic heterocycles. The van der Waals surface area contributed by atoms with Crippen molar-refractivity contribution in [1.29, 1.82) is 0 Å². The molecule has 6 heteroatoms. The van der Waals surface area contributed by atoms with Gasteiger partial charge in [0.15, 0.2) is 9.84 Å². The largest absolute Gasteiger partial charge is 0.398 e. The van der Waals surface area contributed by atoms with Crippen molar-refractivity contribution < 1.29 is 8.42 Å². The number of nitrogens with two attached hydrogens (primary N) is 1. The van der Waals surface area contributed by atoms with E-state index in [0.717, 1.165) is 10.5 Å². The summed E-state index contributed by atoms with van der Waals surface area (Å²) in [6.07, 6.45) is 1.20. The van der Waals surface area contributed by atoms with Crippen LogP contribution >= 0.6 is 23.4 Å². The minimum absolute atomic E-state index is 0.323. The van der Waals surface area contributed by atoms with E-state index >= 15 is 0 Å². The van der Waals surface area contributed by atoms with Crippen molar-refractivity contribution in [2.75, 3.05) is 12.0 Å². The molecule has 2 aromatic carbocycles. The fourth-order valence-electron chi connectivity index (χ4n) is 1.64. The Kier molecular flexibility index (Phi) is 4.62. The van der Waals surface area contributed by atoms with Gasteiger partial charge in [-0.2, -0.15) is 0 Å². The number of rotatable bonds is 4. The standard InChI is InChI=1S/C14H14ClNO2S2/c1-20(17,18)13-5-3-12(4-6-13)19-9-10-8-11(15)2-7-14(10)16/h2-8H,9,16H2,1H3. The maximum atomic E-state index is 11.4. The highest BCUT2D eigenvalue weighted by Crippen LogP contribution is 2.28. The number of hydrogen-bond donors (Lipinski definition) is 1. The van der Waals surface area contributed by atoms with E-state index in [9.17, 15) is 8.42 Å². The first kappa shape index (κ1) is 15.2. The zero-order valence-electron chi connectivity index (χ0n) is 10.8. The molecule has 0 unspecified atom stereocenters. The van der Waals surface area contributed by atoms with Crippen molar-refractivity contribution in [1.82, 2.24) is 0 Å². The number of thioether (sulfide) groups is 1. The van der Waals surface area contributed by atoms with Gasteiger partial charge in [0.2, 0.25) is 0 Å². The van der Waals surface area contributed by atoms with Crippen molar-refractivity contribution in [3.05, 3.63) is 53.1 Å². The molecule has 0 fully saturated rings. The summed E-state index contributed by atoms with van der Waals surface area (Å²) in [5.41, 5.74) is 7.55. The van der Waals surface area contributed by atoms with Crippen LogP contribution in [-0.2, 0) is 15.6 Å². The molecule has 3 nitrogen and oxygen atoms in total. The lowest BCUT2D eigenvalue weighted by Crippen LogP contribution is -1.96. The van der Waals surface area contributed by atoms with Crippen LogP contribution in [0, 0.1) is 0 Å². The first-order valence-electron chi connectivity index (χ1n) is 5.83. The molecule has 106 valence electrons. The number of halogens is 1. The summed E-state index contributed by atoms with van der Waals surface area (Å²) in [6, 6.07) is 12.2. The van der Waals surface area contributed by atoms with Crippen LogP contribution in [0.1, 0.15) is 5.56 Å². The van der Waals surface area contributed by atoms with Gasteiger partial charge in [-0.15, -0.1) is 11.8 Å². The fraction of sp³-hybridized carbons (Fsp3) is 0.143. The van der Waals surface area contributed by atoms with Crippen LogP contribution in [0.5, 0.6) is 0 Å². The minimum Gasteiger partial charge on any atom is -0.398 e. The molecule has 0 aliphatic carbocycles. The lowest BCUT2D eigenvalue weighted by Gasteiger charge is -2.06. The van der Waals surface area contributed by atoms with Gasteiger partial charge in [-0.3, -0.25) is 0 Å². The van der Waals surface area contributed by atoms with Crippen molar-refractivity contribution >= 4 is 38.9 Å². The van der Waals surface area contributed by atoms with Crippen LogP contribution in [0.2, 0.25) is 5.02 Å².